The number of rotatable bonds is 4. The van der Waals surface area contributed by atoms with Gasteiger partial charge in [-0.25, -0.2) is 17.6 Å². The van der Waals surface area contributed by atoms with Gasteiger partial charge in [-0.15, -0.1) is 0 Å². The van der Waals surface area contributed by atoms with Crippen LogP contribution in [0, 0.1) is 47.4 Å². The molecule has 23 heavy (non-hydrogen) atoms. The molecule has 0 aromatic heterocycles. The lowest BCUT2D eigenvalue weighted by atomic mass is 10.1. The van der Waals surface area contributed by atoms with Crippen molar-refractivity contribution in [2.45, 2.75) is 34.3 Å². The van der Waals surface area contributed by atoms with Gasteiger partial charge in [-0.3, -0.25) is 4.79 Å². The van der Waals surface area contributed by atoms with Crippen molar-refractivity contribution >= 4 is 5.97 Å². The molecule has 6 heteroatoms. The van der Waals surface area contributed by atoms with Crippen molar-refractivity contribution in [3.63, 3.8) is 0 Å². The number of ether oxygens (including phenoxy) is 1. The molecule has 2 unspecified atom stereocenters. The molecular weight excluding hydrogens is 312 g/mol. The maximum absolute atomic E-state index is 13.7. The van der Waals surface area contributed by atoms with E-state index in [1.54, 1.807) is 0 Å². The van der Waals surface area contributed by atoms with Crippen LogP contribution in [0.3, 0.4) is 0 Å². The largest absolute Gasteiger partial charge is 0.460 e. The Kier molecular flexibility index (Phi) is 4.55. The average molecular weight is 330 g/mol. The van der Waals surface area contributed by atoms with E-state index in [1.807, 2.05) is 32.9 Å². The molecular formula is C17H18F4O2. The molecule has 0 heterocycles. The first kappa shape index (κ1) is 17.5. The Balaban J connectivity index is 2.15. The van der Waals surface area contributed by atoms with E-state index < -0.39 is 52.9 Å². The third-order valence-electron chi connectivity index (χ3n) is 4.50. The first-order chi connectivity index (χ1) is 10.6. The summed E-state index contributed by atoms with van der Waals surface area (Å²) in [6, 6.07) is 0. The zero-order valence-corrected chi connectivity index (χ0v) is 13.3. The van der Waals surface area contributed by atoms with E-state index in [9.17, 15) is 22.4 Å². The predicted octanol–water partition coefficient (Wildman–Crippen LogP) is 4.44. The summed E-state index contributed by atoms with van der Waals surface area (Å²) in [5.74, 6) is -7.13. The van der Waals surface area contributed by atoms with Crippen LogP contribution in [0.25, 0.3) is 0 Å². The van der Waals surface area contributed by atoms with Crippen LogP contribution in [-0.2, 0) is 16.1 Å². The van der Waals surface area contributed by atoms with Crippen LogP contribution in [0.4, 0.5) is 17.6 Å². The Hall–Kier alpha value is -1.85. The zero-order chi connectivity index (χ0) is 17.5. The van der Waals surface area contributed by atoms with Crippen molar-refractivity contribution in [2.75, 3.05) is 0 Å². The highest BCUT2D eigenvalue weighted by Crippen LogP contribution is 2.59. The van der Waals surface area contributed by atoms with E-state index in [-0.39, 0.29) is 11.3 Å². The summed E-state index contributed by atoms with van der Waals surface area (Å²) >= 11 is 0. The van der Waals surface area contributed by atoms with Crippen LogP contribution >= 0.6 is 0 Å². The van der Waals surface area contributed by atoms with Crippen LogP contribution < -0.4 is 0 Å². The number of hydrogen-bond donors (Lipinski definition) is 0. The Morgan fingerprint density at radius 3 is 2.13 bits per heavy atom. The molecule has 1 saturated carbocycles. The van der Waals surface area contributed by atoms with Crippen LogP contribution in [0.5, 0.6) is 0 Å². The summed E-state index contributed by atoms with van der Waals surface area (Å²) in [5, 5.41) is 0. The van der Waals surface area contributed by atoms with Crippen molar-refractivity contribution in [2.24, 2.45) is 17.3 Å². The highest BCUT2D eigenvalue weighted by molar-refractivity contribution is 5.78. The molecule has 0 spiro atoms. The maximum Gasteiger partial charge on any atom is 0.310 e. The maximum atomic E-state index is 13.7. The lowest BCUT2D eigenvalue weighted by Crippen LogP contribution is -2.14. The molecule has 1 aromatic rings. The lowest BCUT2D eigenvalue weighted by molar-refractivity contribution is -0.147. The van der Waals surface area contributed by atoms with Gasteiger partial charge >= 0.3 is 5.97 Å². The number of halogens is 4. The average Bonchev–Trinajstić information content (AvgIpc) is 3.04. The number of esters is 1. The van der Waals surface area contributed by atoms with Gasteiger partial charge in [0, 0.05) is 5.56 Å². The SMILES string of the molecule is CC=CC1C(C(=O)OCc2c(F)c(F)c(C)c(F)c2F)C1(C)C. The fourth-order valence-corrected chi connectivity index (χ4v) is 2.84. The van der Waals surface area contributed by atoms with Gasteiger partial charge in [-0.1, -0.05) is 26.0 Å². The minimum atomic E-state index is -1.53. The molecule has 1 aliphatic carbocycles. The van der Waals surface area contributed by atoms with Crippen LogP contribution in [0.2, 0.25) is 0 Å². The molecule has 2 nitrogen and oxygen atoms in total. The van der Waals surface area contributed by atoms with Crippen LogP contribution in [0.1, 0.15) is 31.9 Å². The molecule has 0 radical (unpaired) electrons. The molecule has 2 atom stereocenters. The van der Waals surface area contributed by atoms with Gasteiger partial charge in [-0.05, 0) is 25.2 Å². The van der Waals surface area contributed by atoms with Gasteiger partial charge in [0.15, 0.2) is 23.3 Å². The second kappa shape index (κ2) is 5.98. The van der Waals surface area contributed by atoms with Crippen LogP contribution in [0.15, 0.2) is 12.2 Å². The van der Waals surface area contributed by atoms with Crippen molar-refractivity contribution in [1.82, 2.24) is 0 Å². The first-order valence-electron chi connectivity index (χ1n) is 7.25. The summed E-state index contributed by atoms with van der Waals surface area (Å²) < 4.78 is 59.3. The zero-order valence-electron chi connectivity index (χ0n) is 13.3. The number of hydrogen-bond acceptors (Lipinski definition) is 2. The van der Waals surface area contributed by atoms with Crippen molar-refractivity contribution < 1.29 is 27.1 Å². The highest BCUT2D eigenvalue weighted by atomic mass is 19.2. The summed E-state index contributed by atoms with van der Waals surface area (Å²) in [6.45, 7) is 5.64. The van der Waals surface area contributed by atoms with E-state index in [1.165, 1.54) is 0 Å². The number of carbonyl (C=O) groups excluding carboxylic acids is 1. The Bertz CT molecular complexity index is 651. The third kappa shape index (κ3) is 2.86. The van der Waals surface area contributed by atoms with Gasteiger partial charge in [0.25, 0.3) is 0 Å². The molecule has 0 aliphatic heterocycles. The van der Waals surface area contributed by atoms with Gasteiger partial charge in [0.1, 0.15) is 6.61 Å². The molecule has 1 fully saturated rings. The minimum absolute atomic E-state index is 0.0267. The first-order valence-corrected chi connectivity index (χ1v) is 7.25. The van der Waals surface area contributed by atoms with Crippen molar-refractivity contribution in [1.29, 1.82) is 0 Å². The number of carbonyl (C=O) groups is 1. The Labute approximate surface area is 132 Å². The van der Waals surface area contributed by atoms with E-state index in [4.69, 9.17) is 4.74 Å². The second-order valence-electron chi connectivity index (χ2n) is 6.32. The number of allylic oxidation sites excluding steroid dienone is 2. The smallest absolute Gasteiger partial charge is 0.310 e. The fraction of sp³-hybridized carbons (Fsp3) is 0.471. The Morgan fingerprint density at radius 2 is 1.65 bits per heavy atom. The second-order valence-corrected chi connectivity index (χ2v) is 6.32. The van der Waals surface area contributed by atoms with E-state index in [2.05, 4.69) is 0 Å². The monoisotopic (exact) mass is 330 g/mol. The molecule has 2 rings (SSSR count). The topological polar surface area (TPSA) is 26.3 Å². The summed E-state index contributed by atoms with van der Waals surface area (Å²) in [4.78, 5) is 12.1. The number of benzene rings is 1. The van der Waals surface area contributed by atoms with E-state index >= 15 is 0 Å². The van der Waals surface area contributed by atoms with Gasteiger partial charge < -0.3 is 4.74 Å². The summed E-state index contributed by atoms with van der Waals surface area (Å²) in [6.07, 6.45) is 3.67. The van der Waals surface area contributed by atoms with Crippen molar-refractivity contribution in [3.05, 3.63) is 46.5 Å². The fourth-order valence-electron chi connectivity index (χ4n) is 2.84. The third-order valence-corrected chi connectivity index (χ3v) is 4.50. The molecule has 1 aromatic carbocycles. The van der Waals surface area contributed by atoms with Gasteiger partial charge in [-0.2, -0.15) is 0 Å². The quantitative estimate of drug-likeness (QED) is 0.353. The van der Waals surface area contributed by atoms with E-state index in [0.717, 1.165) is 6.92 Å². The normalized spacial score (nSPS) is 22.4. The lowest BCUT2D eigenvalue weighted by Gasteiger charge is -2.10. The van der Waals surface area contributed by atoms with E-state index in [0.29, 0.717) is 0 Å². The van der Waals surface area contributed by atoms with Crippen LogP contribution in [-0.4, -0.2) is 5.97 Å². The van der Waals surface area contributed by atoms with Crippen molar-refractivity contribution in [3.8, 4) is 0 Å². The molecule has 0 bridgehead atoms. The summed E-state index contributed by atoms with van der Waals surface area (Å²) in [7, 11) is 0. The summed E-state index contributed by atoms with van der Waals surface area (Å²) in [5.41, 5.74) is -1.98. The molecule has 0 amide bonds. The highest BCUT2D eigenvalue weighted by Gasteiger charge is 2.61. The standard InChI is InChI=1S/C17H18F4O2/c1-5-6-10-11(17(10,3)4)16(22)23-7-9-14(20)12(18)8(2)13(19)15(9)21/h5-6,10-11H,7H2,1-4H3. The van der Waals surface area contributed by atoms with Gasteiger partial charge in [0.05, 0.1) is 11.5 Å². The molecule has 126 valence electrons. The molecule has 0 saturated heterocycles. The minimum Gasteiger partial charge on any atom is -0.460 e. The Morgan fingerprint density at radius 1 is 1.13 bits per heavy atom. The molecule has 1 aliphatic rings. The predicted molar refractivity (Wildman–Crippen MR) is 76.4 cm³/mol. The van der Waals surface area contributed by atoms with Gasteiger partial charge in [0.2, 0.25) is 0 Å². The molecule has 0 N–H and O–H groups in total.